The highest BCUT2D eigenvalue weighted by Crippen LogP contribution is 2.18. The second kappa shape index (κ2) is 5.96. The van der Waals surface area contributed by atoms with Gasteiger partial charge in [-0.1, -0.05) is 0 Å². The molecule has 1 rings (SSSR count). The number of rotatable bonds is 5. The highest BCUT2D eigenvalue weighted by atomic mass is 35.5. The van der Waals surface area contributed by atoms with Gasteiger partial charge in [-0.2, -0.15) is 0 Å². The van der Waals surface area contributed by atoms with Gasteiger partial charge < -0.3 is 10.1 Å². The number of hydrogen-bond acceptors (Lipinski definition) is 2. The highest BCUT2D eigenvalue weighted by molar-refractivity contribution is 5.85. The number of ether oxygens (including phenoxy) is 1. The van der Waals surface area contributed by atoms with Gasteiger partial charge in [0.15, 0.2) is 0 Å². The number of nitrogens with one attached hydrogen (secondary N) is 1. The van der Waals surface area contributed by atoms with Crippen LogP contribution in [-0.2, 0) is 4.74 Å². The molecule has 1 aliphatic carbocycles. The molecule has 1 aliphatic rings. The summed E-state index contributed by atoms with van der Waals surface area (Å²) in [5, 5.41) is 3.41. The first-order valence-corrected chi connectivity index (χ1v) is 3.66. The third kappa shape index (κ3) is 5.03. The Labute approximate surface area is 68.7 Å². The Bertz CT molecular complexity index is 76.0. The van der Waals surface area contributed by atoms with E-state index < -0.39 is 0 Å². The highest BCUT2D eigenvalue weighted by Gasteiger charge is 2.19. The van der Waals surface area contributed by atoms with Crippen LogP contribution in [0.1, 0.15) is 19.3 Å². The van der Waals surface area contributed by atoms with Gasteiger partial charge in [-0.05, 0) is 25.8 Å². The fourth-order valence-corrected chi connectivity index (χ4v) is 0.810. The zero-order valence-corrected chi connectivity index (χ0v) is 7.25. The lowest BCUT2D eigenvalue weighted by Crippen LogP contribution is -2.18. The molecule has 1 saturated carbocycles. The second-order valence-electron chi connectivity index (χ2n) is 2.57. The fraction of sp³-hybridized carbons (Fsp3) is 1.00. The van der Waals surface area contributed by atoms with Crippen molar-refractivity contribution in [3.05, 3.63) is 0 Å². The van der Waals surface area contributed by atoms with E-state index in [4.69, 9.17) is 4.74 Å². The molecule has 0 aromatic heterocycles. The van der Waals surface area contributed by atoms with Crippen LogP contribution < -0.4 is 5.32 Å². The molecule has 1 fully saturated rings. The Morgan fingerprint density at radius 2 is 2.20 bits per heavy atom. The number of methoxy groups -OCH3 is 1. The Morgan fingerprint density at radius 3 is 2.70 bits per heavy atom. The van der Waals surface area contributed by atoms with Gasteiger partial charge in [-0.3, -0.25) is 0 Å². The summed E-state index contributed by atoms with van der Waals surface area (Å²) in [7, 11) is 1.75. The monoisotopic (exact) mass is 165 g/mol. The summed E-state index contributed by atoms with van der Waals surface area (Å²) in [6.45, 7) is 2.01. The standard InChI is InChI=1S/C7H15NO.ClH/c1-9-6-2-5-8-7-3-4-7;/h7-8H,2-6H2,1H3;1H. The van der Waals surface area contributed by atoms with Crippen LogP contribution in [0.3, 0.4) is 0 Å². The molecule has 0 aromatic carbocycles. The Morgan fingerprint density at radius 1 is 1.50 bits per heavy atom. The lowest BCUT2D eigenvalue weighted by atomic mass is 10.4. The van der Waals surface area contributed by atoms with Crippen LogP contribution in [-0.4, -0.2) is 26.3 Å². The van der Waals surface area contributed by atoms with Gasteiger partial charge in [0.1, 0.15) is 0 Å². The maximum atomic E-state index is 4.90. The molecular weight excluding hydrogens is 150 g/mol. The summed E-state index contributed by atoms with van der Waals surface area (Å²) >= 11 is 0. The summed E-state index contributed by atoms with van der Waals surface area (Å²) in [5.74, 6) is 0. The Hall–Kier alpha value is 0.210. The lowest BCUT2D eigenvalue weighted by molar-refractivity contribution is 0.194. The van der Waals surface area contributed by atoms with Gasteiger partial charge in [0, 0.05) is 19.8 Å². The number of halogens is 1. The van der Waals surface area contributed by atoms with Crippen molar-refractivity contribution in [3.8, 4) is 0 Å². The molecule has 0 atom stereocenters. The normalized spacial score (nSPS) is 16.5. The van der Waals surface area contributed by atoms with Crippen molar-refractivity contribution in [1.29, 1.82) is 0 Å². The summed E-state index contributed by atoms with van der Waals surface area (Å²) in [5.41, 5.74) is 0. The minimum absolute atomic E-state index is 0. The summed E-state index contributed by atoms with van der Waals surface area (Å²) in [6.07, 6.45) is 3.91. The van der Waals surface area contributed by atoms with Gasteiger partial charge in [-0.15, -0.1) is 12.4 Å². The first-order valence-electron chi connectivity index (χ1n) is 3.66. The largest absolute Gasteiger partial charge is 0.385 e. The Kier molecular flexibility index (Phi) is 6.08. The third-order valence-corrected chi connectivity index (χ3v) is 1.54. The molecule has 0 aliphatic heterocycles. The molecule has 1 N–H and O–H groups in total. The summed E-state index contributed by atoms with van der Waals surface area (Å²) in [4.78, 5) is 0. The van der Waals surface area contributed by atoms with Crippen LogP contribution in [0.2, 0.25) is 0 Å². The van der Waals surface area contributed by atoms with E-state index in [1.165, 1.54) is 12.8 Å². The van der Waals surface area contributed by atoms with E-state index in [0.29, 0.717) is 0 Å². The Balaban J connectivity index is 0.000000810. The first-order chi connectivity index (χ1) is 4.43. The van der Waals surface area contributed by atoms with Crippen molar-refractivity contribution in [2.24, 2.45) is 0 Å². The molecule has 62 valence electrons. The molecule has 3 heteroatoms. The molecule has 0 bridgehead atoms. The van der Waals surface area contributed by atoms with Crippen LogP contribution >= 0.6 is 12.4 Å². The van der Waals surface area contributed by atoms with E-state index in [-0.39, 0.29) is 12.4 Å². The molecule has 0 unspecified atom stereocenters. The zero-order valence-electron chi connectivity index (χ0n) is 6.43. The van der Waals surface area contributed by atoms with E-state index in [1.807, 2.05) is 0 Å². The molecule has 0 saturated heterocycles. The van der Waals surface area contributed by atoms with Crippen molar-refractivity contribution < 1.29 is 4.74 Å². The molecule has 0 aromatic rings. The van der Waals surface area contributed by atoms with Gasteiger partial charge in [0.2, 0.25) is 0 Å². The maximum absolute atomic E-state index is 4.90. The van der Waals surface area contributed by atoms with Crippen LogP contribution in [0.25, 0.3) is 0 Å². The van der Waals surface area contributed by atoms with Crippen LogP contribution in [0.4, 0.5) is 0 Å². The van der Waals surface area contributed by atoms with Crippen LogP contribution in [0, 0.1) is 0 Å². The lowest BCUT2D eigenvalue weighted by Gasteiger charge is -1.99. The average molecular weight is 166 g/mol. The van der Waals surface area contributed by atoms with Crippen molar-refractivity contribution in [2.45, 2.75) is 25.3 Å². The SMILES string of the molecule is COCCCNC1CC1.Cl. The third-order valence-electron chi connectivity index (χ3n) is 1.54. The topological polar surface area (TPSA) is 21.3 Å². The minimum atomic E-state index is 0. The van der Waals surface area contributed by atoms with E-state index in [1.54, 1.807) is 7.11 Å². The van der Waals surface area contributed by atoms with E-state index in [2.05, 4.69) is 5.32 Å². The first kappa shape index (κ1) is 10.2. The quantitative estimate of drug-likeness (QED) is 0.619. The molecule has 2 nitrogen and oxygen atoms in total. The fourth-order valence-electron chi connectivity index (χ4n) is 0.810. The summed E-state index contributed by atoms with van der Waals surface area (Å²) in [6, 6.07) is 0.849. The van der Waals surface area contributed by atoms with Gasteiger partial charge in [-0.25, -0.2) is 0 Å². The smallest absolute Gasteiger partial charge is 0.0474 e. The van der Waals surface area contributed by atoms with E-state index in [0.717, 1.165) is 25.6 Å². The van der Waals surface area contributed by atoms with Crippen molar-refractivity contribution in [3.63, 3.8) is 0 Å². The maximum Gasteiger partial charge on any atom is 0.0474 e. The second-order valence-corrected chi connectivity index (χ2v) is 2.57. The zero-order chi connectivity index (χ0) is 6.53. The van der Waals surface area contributed by atoms with E-state index in [9.17, 15) is 0 Å². The molecule has 0 radical (unpaired) electrons. The van der Waals surface area contributed by atoms with Crippen molar-refractivity contribution in [1.82, 2.24) is 5.32 Å². The molecule has 10 heavy (non-hydrogen) atoms. The number of hydrogen-bond donors (Lipinski definition) is 1. The van der Waals surface area contributed by atoms with Gasteiger partial charge in [0.05, 0.1) is 0 Å². The van der Waals surface area contributed by atoms with Gasteiger partial charge in [0.25, 0.3) is 0 Å². The van der Waals surface area contributed by atoms with Crippen molar-refractivity contribution >= 4 is 12.4 Å². The minimum Gasteiger partial charge on any atom is -0.385 e. The molecule has 0 amide bonds. The molecular formula is C7H16ClNO. The average Bonchev–Trinajstić information content (AvgIpc) is 2.63. The van der Waals surface area contributed by atoms with E-state index >= 15 is 0 Å². The molecule has 0 spiro atoms. The predicted molar refractivity (Wildman–Crippen MR) is 44.8 cm³/mol. The van der Waals surface area contributed by atoms with Crippen molar-refractivity contribution in [2.75, 3.05) is 20.3 Å². The predicted octanol–water partition coefficient (Wildman–Crippen LogP) is 1.20. The van der Waals surface area contributed by atoms with Gasteiger partial charge >= 0.3 is 0 Å². The van der Waals surface area contributed by atoms with Crippen LogP contribution in [0.15, 0.2) is 0 Å². The summed E-state index contributed by atoms with van der Waals surface area (Å²) < 4.78 is 4.90. The van der Waals surface area contributed by atoms with Crippen LogP contribution in [0.5, 0.6) is 0 Å². The molecule has 0 heterocycles.